The van der Waals surface area contributed by atoms with Gasteiger partial charge >= 0.3 is 29.6 Å². The van der Waals surface area contributed by atoms with Gasteiger partial charge in [-0.1, -0.05) is 0 Å². The van der Waals surface area contributed by atoms with E-state index in [1.165, 1.54) is 14.2 Å². The van der Waals surface area contributed by atoms with Gasteiger partial charge in [-0.05, 0) is 0 Å². The Balaban J connectivity index is -0.0000000825. The third-order valence-corrected chi connectivity index (χ3v) is 0.268. The van der Waals surface area contributed by atoms with Gasteiger partial charge < -0.3 is 39.5 Å². The van der Waals surface area contributed by atoms with E-state index in [0.717, 1.165) is 0 Å². The maximum Gasteiger partial charge on any atom is 0.674 e. The largest absolute Gasteiger partial charge is 0.822 e. The summed E-state index contributed by atoms with van der Waals surface area (Å²) in [5, 5.41) is 51.1. The van der Waals surface area contributed by atoms with E-state index in [1.807, 2.05) is 0 Å². The summed E-state index contributed by atoms with van der Waals surface area (Å²) >= 11 is 0. The first kappa shape index (κ1) is 27.0. The Hall–Kier alpha value is -0.380. The Kier molecular flexibility index (Phi) is 28.4. The quantitative estimate of drug-likeness (QED) is 0.0985. The predicted octanol–water partition coefficient (Wildman–Crippen LogP) is -4.18. The van der Waals surface area contributed by atoms with E-state index in [2.05, 4.69) is 4.81 Å². The van der Waals surface area contributed by atoms with Gasteiger partial charge in [-0.15, -0.1) is 0 Å². The molecular formula is C2H12B4F4O9. The van der Waals surface area contributed by atoms with E-state index >= 15 is 0 Å². The lowest BCUT2D eigenvalue weighted by Crippen LogP contribution is -2.31. The van der Waals surface area contributed by atoms with Crippen LogP contribution in [-0.4, -0.2) is 73.9 Å². The maximum absolute atomic E-state index is 11.1. The molecule has 0 aliphatic rings. The summed E-state index contributed by atoms with van der Waals surface area (Å²) in [5.74, 6) is 0. The van der Waals surface area contributed by atoms with E-state index in [4.69, 9.17) is 30.1 Å². The Labute approximate surface area is 107 Å². The monoisotopic (exact) mass is 300 g/mol. The summed E-state index contributed by atoms with van der Waals surface area (Å²) in [5.41, 5.74) is 0. The van der Waals surface area contributed by atoms with Gasteiger partial charge in [0.1, 0.15) is 0 Å². The average Bonchev–Trinajstić information content (AvgIpc) is 1.95. The highest BCUT2D eigenvalue weighted by molar-refractivity contribution is 6.32. The van der Waals surface area contributed by atoms with Crippen molar-refractivity contribution in [2.24, 2.45) is 0 Å². The molecule has 0 radical (unpaired) electrons. The molecule has 0 aromatic carbocycles. The molecule has 0 aliphatic carbocycles. The highest BCUT2D eigenvalue weighted by Crippen LogP contribution is 1.85. The minimum Gasteiger partial charge on any atom is -0.822 e. The Morgan fingerprint density at radius 3 is 0.947 bits per heavy atom. The lowest BCUT2D eigenvalue weighted by molar-refractivity contribution is -0.406. The standard InChI is InChI=1S/C2H6BFO3.3BFH2O2/c1-7(2)6-3(4)5;3*2-1(3)4/h1-2H3;3*3-4H. The molecule has 0 aromatic rings. The van der Waals surface area contributed by atoms with Crippen LogP contribution >= 0.6 is 0 Å². The first-order valence-electron chi connectivity index (χ1n) is 3.88. The van der Waals surface area contributed by atoms with Gasteiger partial charge in [-0.2, -0.15) is 4.81 Å². The number of hydrogen-bond donors (Lipinski definition) is 6. The van der Waals surface area contributed by atoms with Crippen LogP contribution in [0.2, 0.25) is 0 Å². The maximum atomic E-state index is 11.1. The van der Waals surface area contributed by atoms with Crippen molar-refractivity contribution < 1.29 is 61.8 Å². The lowest BCUT2D eigenvalue weighted by atomic mass is 10.3. The van der Waals surface area contributed by atoms with Crippen LogP contribution in [0.3, 0.4) is 0 Å². The van der Waals surface area contributed by atoms with Gasteiger partial charge in [-0.3, -0.25) is 17.5 Å². The third kappa shape index (κ3) is 328. The molecule has 0 fully saturated rings. The van der Waals surface area contributed by atoms with Crippen LogP contribution in [0.5, 0.6) is 0 Å². The summed E-state index contributed by atoms with van der Waals surface area (Å²) in [6, 6.07) is 0. The SMILES string of the molecule is C[O+](C)OB([O-])F.OB(O)F.OB(O)F.OB(O)F. The van der Waals surface area contributed by atoms with E-state index in [0.29, 0.717) is 0 Å². The van der Waals surface area contributed by atoms with E-state index < -0.39 is 29.6 Å². The molecule has 0 spiro atoms. The van der Waals surface area contributed by atoms with Crippen molar-refractivity contribution in [3.05, 3.63) is 0 Å². The summed E-state index contributed by atoms with van der Waals surface area (Å²) in [6.45, 7) is 0. The van der Waals surface area contributed by atoms with Crippen LogP contribution in [0.15, 0.2) is 0 Å². The zero-order valence-corrected chi connectivity index (χ0v) is 9.73. The second-order valence-corrected chi connectivity index (χ2v) is 2.04. The summed E-state index contributed by atoms with van der Waals surface area (Å²) in [6.07, 6.45) is 0. The fraction of sp³-hybridized carbons (Fsp3) is 1.00. The predicted molar refractivity (Wildman–Crippen MR) is 54.8 cm³/mol. The second kappa shape index (κ2) is 19.9. The minimum atomic E-state index is -2.67. The Bertz CT molecular complexity index is 124. The van der Waals surface area contributed by atoms with Crippen molar-refractivity contribution in [1.29, 1.82) is 0 Å². The minimum absolute atomic E-state index is 1.35. The molecule has 0 aromatic heterocycles. The van der Waals surface area contributed by atoms with Crippen molar-refractivity contribution in [3.8, 4) is 0 Å². The van der Waals surface area contributed by atoms with Crippen molar-refractivity contribution in [2.45, 2.75) is 0 Å². The van der Waals surface area contributed by atoms with Gasteiger partial charge in [0.25, 0.3) is 0 Å². The Morgan fingerprint density at radius 2 is 0.947 bits per heavy atom. The average molecular weight is 299 g/mol. The molecule has 17 heteroatoms. The first-order chi connectivity index (χ1) is 8.32. The van der Waals surface area contributed by atoms with Gasteiger partial charge in [0.15, 0.2) is 14.2 Å². The van der Waals surface area contributed by atoms with Crippen LogP contribution in [0.25, 0.3) is 0 Å². The van der Waals surface area contributed by atoms with E-state index in [9.17, 15) is 22.3 Å². The molecule has 0 aliphatic heterocycles. The molecule has 0 amide bonds. The molecule has 0 rings (SSSR count). The Morgan fingerprint density at radius 1 is 0.789 bits per heavy atom. The van der Waals surface area contributed by atoms with Gasteiger partial charge in [0, 0.05) is 0 Å². The van der Waals surface area contributed by atoms with Crippen LogP contribution in [0, 0.1) is 0 Å². The highest BCUT2D eigenvalue weighted by Gasteiger charge is 2.03. The third-order valence-electron chi connectivity index (χ3n) is 0.268. The van der Waals surface area contributed by atoms with Gasteiger partial charge in [-0.25, -0.2) is 0 Å². The molecule has 114 valence electrons. The van der Waals surface area contributed by atoms with Crippen LogP contribution in [0.1, 0.15) is 0 Å². The zero-order chi connectivity index (χ0) is 16.6. The number of rotatable bonds is 2. The topological polar surface area (TPSA) is 156 Å². The normalized spacial score (nSPS) is 7.89. The molecule has 0 bridgehead atoms. The lowest BCUT2D eigenvalue weighted by Gasteiger charge is -2.07. The van der Waals surface area contributed by atoms with E-state index in [-0.39, 0.29) is 0 Å². The van der Waals surface area contributed by atoms with Crippen LogP contribution < -0.4 is 5.02 Å². The van der Waals surface area contributed by atoms with E-state index in [1.54, 1.807) is 4.52 Å². The van der Waals surface area contributed by atoms with Crippen LogP contribution in [0.4, 0.5) is 17.3 Å². The van der Waals surface area contributed by atoms with Crippen molar-refractivity contribution in [2.75, 3.05) is 14.2 Å². The smallest absolute Gasteiger partial charge is 0.674 e. The fourth-order valence-electron chi connectivity index (χ4n) is 0.151. The molecule has 0 atom stereocenters. The van der Waals surface area contributed by atoms with Gasteiger partial charge in [0.05, 0.1) is 0 Å². The van der Waals surface area contributed by atoms with Crippen LogP contribution in [-0.2, 0) is 9.32 Å². The molecule has 0 saturated heterocycles. The number of hydrogen-bond acceptors (Lipinski definition) is 8. The summed E-state index contributed by atoms with van der Waals surface area (Å²) in [4.78, 5) is 3.78. The van der Waals surface area contributed by atoms with Crippen molar-refractivity contribution in [3.63, 3.8) is 0 Å². The number of halogens is 4. The fourth-order valence-corrected chi connectivity index (χ4v) is 0.151. The molecular weight excluding hydrogens is 287 g/mol. The van der Waals surface area contributed by atoms with Gasteiger partial charge in [0.2, 0.25) is 0 Å². The molecule has 9 nitrogen and oxygen atoms in total. The van der Waals surface area contributed by atoms with Crippen molar-refractivity contribution >= 4 is 29.6 Å². The molecule has 0 heterocycles. The molecule has 19 heavy (non-hydrogen) atoms. The molecule has 0 saturated carbocycles. The highest BCUT2D eigenvalue weighted by atomic mass is 19.1. The molecule has 0 unspecified atom stereocenters. The molecule has 6 N–H and O–H groups in total. The second-order valence-electron chi connectivity index (χ2n) is 2.04. The summed E-state index contributed by atoms with van der Waals surface area (Å²) in [7, 11) is -7.78. The summed E-state index contributed by atoms with van der Waals surface area (Å²) < 4.78 is 43.1. The zero-order valence-electron chi connectivity index (χ0n) is 9.73. The first-order valence-corrected chi connectivity index (χ1v) is 3.88. The van der Waals surface area contributed by atoms with Crippen molar-refractivity contribution in [1.82, 2.24) is 0 Å².